The van der Waals surface area contributed by atoms with E-state index in [-0.39, 0.29) is 0 Å². The molecule has 0 bridgehead atoms. The minimum absolute atomic E-state index is 0.826. The lowest BCUT2D eigenvalue weighted by Crippen LogP contribution is -2.23. The van der Waals surface area contributed by atoms with Gasteiger partial charge < -0.3 is 0 Å². The molecule has 1 aromatic rings. The van der Waals surface area contributed by atoms with Gasteiger partial charge in [-0.1, -0.05) is 50.3 Å². The maximum Gasteiger partial charge on any atom is 0.199 e. The Morgan fingerprint density at radius 2 is 2.31 bits per heavy atom. The van der Waals surface area contributed by atoms with E-state index in [1.807, 2.05) is 6.08 Å². The summed E-state index contributed by atoms with van der Waals surface area (Å²) in [5, 5.41) is 1.30. The van der Waals surface area contributed by atoms with E-state index in [0.717, 1.165) is 18.0 Å². The summed E-state index contributed by atoms with van der Waals surface area (Å²) in [5.74, 6) is 0. The topological polar surface area (TPSA) is 0 Å². The molecule has 0 aliphatic carbocycles. The normalized spacial score (nSPS) is 10.4. The summed E-state index contributed by atoms with van der Waals surface area (Å²) in [6, 6.07) is 9.49. The molecule has 0 amide bonds. The van der Waals surface area contributed by atoms with Crippen LogP contribution in [-0.4, -0.2) is 8.11 Å². The Balaban J connectivity index is 2.81. The largest absolute Gasteiger partial charge is 0.199 e. The predicted molar refractivity (Wildman–Crippen MR) is 62.9 cm³/mol. The van der Waals surface area contributed by atoms with Gasteiger partial charge in [0.15, 0.2) is 8.11 Å². The second-order valence-electron chi connectivity index (χ2n) is 2.98. The van der Waals surface area contributed by atoms with Crippen molar-refractivity contribution in [3.63, 3.8) is 0 Å². The SMILES string of the molecule is C=Cc1cccc([Si](Cl)CCC)c1. The van der Waals surface area contributed by atoms with Crippen molar-refractivity contribution in [2.24, 2.45) is 0 Å². The van der Waals surface area contributed by atoms with Crippen molar-refractivity contribution in [2.45, 2.75) is 19.4 Å². The minimum Gasteiger partial charge on any atom is -0.163 e. The highest BCUT2D eigenvalue weighted by molar-refractivity contribution is 7.14. The molecule has 2 heteroatoms. The first kappa shape index (κ1) is 10.5. The molecule has 1 radical (unpaired) electrons. The molecule has 13 heavy (non-hydrogen) atoms. The Hall–Kier alpha value is -0.533. The van der Waals surface area contributed by atoms with E-state index < -0.39 is 8.11 Å². The van der Waals surface area contributed by atoms with Crippen LogP contribution in [-0.2, 0) is 0 Å². The zero-order valence-electron chi connectivity index (χ0n) is 7.89. The summed E-state index contributed by atoms with van der Waals surface area (Å²) in [7, 11) is -0.826. The summed E-state index contributed by atoms with van der Waals surface area (Å²) in [6.07, 6.45) is 3.03. The van der Waals surface area contributed by atoms with Gasteiger partial charge in [0.25, 0.3) is 0 Å². The molecular weight excluding hydrogens is 196 g/mol. The third-order valence-electron chi connectivity index (χ3n) is 1.91. The average Bonchev–Trinajstić information content (AvgIpc) is 2.18. The molecule has 0 aliphatic rings. The Kier molecular flexibility index (Phi) is 4.26. The van der Waals surface area contributed by atoms with Crippen LogP contribution in [0.15, 0.2) is 30.8 Å². The summed E-state index contributed by atoms with van der Waals surface area (Å²) in [6.45, 7) is 5.92. The van der Waals surface area contributed by atoms with Crippen molar-refractivity contribution in [3.05, 3.63) is 36.4 Å². The molecule has 1 rings (SSSR count). The van der Waals surface area contributed by atoms with E-state index in [2.05, 4.69) is 37.8 Å². The molecule has 0 spiro atoms. The maximum absolute atomic E-state index is 6.30. The summed E-state index contributed by atoms with van der Waals surface area (Å²) >= 11 is 6.30. The molecule has 0 aromatic heterocycles. The molecule has 0 unspecified atom stereocenters. The predicted octanol–water partition coefficient (Wildman–Crippen LogP) is 3.18. The van der Waals surface area contributed by atoms with E-state index >= 15 is 0 Å². The fourth-order valence-electron chi connectivity index (χ4n) is 1.20. The van der Waals surface area contributed by atoms with Crippen molar-refractivity contribution >= 4 is 30.4 Å². The standard InChI is InChI=1S/C11H14ClSi/c1-3-8-13(12)11-7-5-6-10(4-2)9-11/h4-7,9H,2-3,8H2,1H3. The Labute approximate surface area is 86.6 Å². The van der Waals surface area contributed by atoms with E-state index in [0.29, 0.717) is 0 Å². The van der Waals surface area contributed by atoms with E-state index in [9.17, 15) is 0 Å². The van der Waals surface area contributed by atoms with Crippen molar-refractivity contribution in [3.8, 4) is 0 Å². The molecule has 0 nitrogen and oxygen atoms in total. The molecule has 0 aliphatic heterocycles. The first-order chi connectivity index (χ1) is 6.27. The molecular formula is C11H14ClSi. The number of benzene rings is 1. The third-order valence-corrected chi connectivity index (χ3v) is 5.00. The van der Waals surface area contributed by atoms with Gasteiger partial charge in [-0.25, -0.2) is 0 Å². The zero-order chi connectivity index (χ0) is 9.68. The number of rotatable bonds is 4. The van der Waals surface area contributed by atoms with Gasteiger partial charge in [0, 0.05) is 0 Å². The van der Waals surface area contributed by atoms with Crippen molar-refractivity contribution in [2.75, 3.05) is 0 Å². The second kappa shape index (κ2) is 5.25. The number of hydrogen-bond donors (Lipinski definition) is 0. The first-order valence-electron chi connectivity index (χ1n) is 4.52. The monoisotopic (exact) mass is 209 g/mol. The van der Waals surface area contributed by atoms with Gasteiger partial charge >= 0.3 is 0 Å². The highest BCUT2D eigenvalue weighted by atomic mass is 35.6. The van der Waals surface area contributed by atoms with Gasteiger partial charge in [0.1, 0.15) is 0 Å². The van der Waals surface area contributed by atoms with Crippen molar-refractivity contribution < 1.29 is 0 Å². The van der Waals surface area contributed by atoms with Crippen molar-refractivity contribution in [1.29, 1.82) is 0 Å². The van der Waals surface area contributed by atoms with Crippen LogP contribution in [0.3, 0.4) is 0 Å². The zero-order valence-corrected chi connectivity index (χ0v) is 9.64. The smallest absolute Gasteiger partial charge is 0.163 e. The van der Waals surface area contributed by atoms with Crippen LogP contribution in [0.2, 0.25) is 6.04 Å². The average molecular weight is 210 g/mol. The lowest BCUT2D eigenvalue weighted by molar-refractivity contribution is 1.07. The lowest BCUT2D eigenvalue weighted by atomic mass is 10.2. The van der Waals surface area contributed by atoms with Crippen molar-refractivity contribution in [1.82, 2.24) is 0 Å². The van der Waals surface area contributed by atoms with E-state index in [1.165, 1.54) is 5.19 Å². The molecule has 0 atom stereocenters. The number of halogens is 1. The van der Waals surface area contributed by atoms with Crippen LogP contribution in [0.25, 0.3) is 6.08 Å². The molecule has 69 valence electrons. The highest BCUT2D eigenvalue weighted by Crippen LogP contribution is 2.05. The van der Waals surface area contributed by atoms with Crippen LogP contribution < -0.4 is 5.19 Å². The molecule has 0 saturated heterocycles. The van der Waals surface area contributed by atoms with Crippen LogP contribution in [0.5, 0.6) is 0 Å². The summed E-state index contributed by atoms with van der Waals surface area (Å²) in [5.41, 5.74) is 1.16. The van der Waals surface area contributed by atoms with Crippen LogP contribution in [0.4, 0.5) is 0 Å². The molecule has 0 fully saturated rings. The summed E-state index contributed by atoms with van der Waals surface area (Å²) < 4.78 is 0. The Bertz CT molecular complexity index is 283. The Morgan fingerprint density at radius 1 is 1.54 bits per heavy atom. The van der Waals surface area contributed by atoms with E-state index in [4.69, 9.17) is 11.1 Å². The van der Waals surface area contributed by atoms with Gasteiger partial charge in [-0.2, -0.15) is 11.1 Å². The third kappa shape index (κ3) is 3.01. The lowest BCUT2D eigenvalue weighted by Gasteiger charge is -2.06. The number of hydrogen-bond acceptors (Lipinski definition) is 0. The van der Waals surface area contributed by atoms with Crippen LogP contribution in [0.1, 0.15) is 18.9 Å². The fraction of sp³-hybridized carbons (Fsp3) is 0.273. The highest BCUT2D eigenvalue weighted by Gasteiger charge is 2.09. The van der Waals surface area contributed by atoms with Gasteiger partial charge in [-0.3, -0.25) is 0 Å². The van der Waals surface area contributed by atoms with Crippen LogP contribution >= 0.6 is 11.1 Å². The minimum atomic E-state index is -0.826. The second-order valence-corrected chi connectivity index (χ2v) is 6.24. The fourth-order valence-corrected chi connectivity index (χ4v) is 3.45. The maximum atomic E-state index is 6.30. The summed E-state index contributed by atoms with van der Waals surface area (Å²) in [4.78, 5) is 0. The van der Waals surface area contributed by atoms with E-state index in [1.54, 1.807) is 0 Å². The molecule has 0 saturated carbocycles. The van der Waals surface area contributed by atoms with Gasteiger partial charge in [0.2, 0.25) is 0 Å². The van der Waals surface area contributed by atoms with Gasteiger partial charge in [-0.15, -0.1) is 0 Å². The van der Waals surface area contributed by atoms with Gasteiger partial charge in [-0.05, 0) is 16.8 Å². The quantitative estimate of drug-likeness (QED) is 0.528. The first-order valence-corrected chi connectivity index (χ1v) is 7.24. The van der Waals surface area contributed by atoms with Gasteiger partial charge in [0.05, 0.1) is 0 Å². The van der Waals surface area contributed by atoms with Crippen LogP contribution in [0, 0.1) is 0 Å². The Morgan fingerprint density at radius 3 is 2.92 bits per heavy atom. The molecule has 1 aromatic carbocycles. The molecule has 0 N–H and O–H groups in total. The molecule has 0 heterocycles.